The van der Waals surface area contributed by atoms with Crippen LogP contribution in [-0.2, 0) is 19.6 Å². The van der Waals surface area contributed by atoms with E-state index in [2.05, 4.69) is 140 Å². The van der Waals surface area contributed by atoms with E-state index in [1.807, 2.05) is 0 Å². The lowest BCUT2D eigenvalue weighted by Crippen LogP contribution is -2.39. The number of benzene rings is 4. The Morgan fingerprint density at radius 3 is 2.21 bits per heavy atom. The smallest absolute Gasteiger partial charge is 0.127 e. The van der Waals surface area contributed by atoms with Gasteiger partial charge in [0.05, 0.1) is 13.2 Å². The van der Waals surface area contributed by atoms with Gasteiger partial charge in [-0.05, 0) is 63.9 Å². The zero-order valence-corrected chi connectivity index (χ0v) is 27.3. The number of allylic oxidation sites excluding steroid dienone is 7. The molecule has 2 fully saturated rings. The molecule has 9 rings (SSSR count). The molecule has 2 aliphatic heterocycles. The van der Waals surface area contributed by atoms with Gasteiger partial charge in [-0.25, -0.2) is 0 Å². The molecule has 0 aromatic heterocycles. The van der Waals surface area contributed by atoms with Crippen molar-refractivity contribution in [1.82, 2.24) is 0 Å². The summed E-state index contributed by atoms with van der Waals surface area (Å²) in [6.45, 7) is 5.02. The van der Waals surface area contributed by atoms with Gasteiger partial charge in [0.25, 0.3) is 0 Å². The van der Waals surface area contributed by atoms with Crippen molar-refractivity contribution in [1.29, 1.82) is 0 Å². The quantitative estimate of drug-likeness (QED) is 0.164. The number of hydrogen-bond donors (Lipinski definition) is 0. The Morgan fingerprint density at radius 2 is 1.46 bits per heavy atom. The van der Waals surface area contributed by atoms with E-state index in [-0.39, 0.29) is 24.0 Å². The van der Waals surface area contributed by atoms with Crippen LogP contribution in [0.5, 0.6) is 5.75 Å². The summed E-state index contributed by atoms with van der Waals surface area (Å²) in [5.74, 6) is 2.56. The third-order valence-corrected chi connectivity index (χ3v) is 10.8. The second-order valence-corrected chi connectivity index (χ2v) is 13.7. The van der Waals surface area contributed by atoms with Gasteiger partial charge in [0.2, 0.25) is 0 Å². The first-order valence-electron chi connectivity index (χ1n) is 17.3. The average Bonchev–Trinajstić information content (AvgIpc) is 4.09. The van der Waals surface area contributed by atoms with Crippen LogP contribution in [0.2, 0.25) is 0 Å². The standard InChI is InChI=1S/C44H40O4/c1-29-12-10-19-38-42(29)35-17-8-9-18-37(35)44(38,32-22-23-40(47-27-33-25-45-33)36(24-32)30-13-4-2-5-14-30)39-20-11-21-41(48-28-34-26-46-34)43(39)31-15-6-3-7-16-31/h2-19,21-24,29,33-34,39,42H,20,25-28H2,1H3. The number of rotatable bonds is 10. The maximum absolute atomic E-state index is 6.66. The predicted octanol–water partition coefficient (Wildman–Crippen LogP) is 9.05. The number of ether oxygens (including phenoxy) is 4. The Bertz CT molecular complexity index is 1950. The zero-order chi connectivity index (χ0) is 32.1. The molecular formula is C44H40O4. The van der Waals surface area contributed by atoms with E-state index < -0.39 is 5.41 Å². The van der Waals surface area contributed by atoms with Crippen LogP contribution < -0.4 is 4.74 Å². The molecule has 0 radical (unpaired) electrons. The van der Waals surface area contributed by atoms with Crippen LogP contribution in [0, 0.1) is 11.8 Å². The minimum Gasteiger partial charge on any atom is -0.490 e. The van der Waals surface area contributed by atoms with E-state index in [4.69, 9.17) is 18.9 Å². The lowest BCUT2D eigenvalue weighted by atomic mass is 9.57. The van der Waals surface area contributed by atoms with E-state index in [1.54, 1.807) is 0 Å². The first-order chi connectivity index (χ1) is 23.7. The minimum absolute atomic E-state index is 0.0753. The molecule has 6 unspecified atom stereocenters. The summed E-state index contributed by atoms with van der Waals surface area (Å²) >= 11 is 0. The highest BCUT2D eigenvalue weighted by molar-refractivity contribution is 5.80. The Balaban J connectivity index is 1.31. The summed E-state index contributed by atoms with van der Waals surface area (Å²) in [7, 11) is 0. The highest BCUT2D eigenvalue weighted by Gasteiger charge is 2.56. The molecule has 4 aromatic carbocycles. The molecule has 240 valence electrons. The van der Waals surface area contributed by atoms with E-state index in [0.717, 1.165) is 42.3 Å². The molecule has 0 saturated carbocycles. The molecule has 2 saturated heterocycles. The molecule has 0 bridgehead atoms. The highest BCUT2D eigenvalue weighted by Crippen LogP contribution is 2.64. The molecule has 0 amide bonds. The molecule has 2 heterocycles. The minimum atomic E-state index is -0.456. The lowest BCUT2D eigenvalue weighted by Gasteiger charge is -2.45. The molecule has 3 aliphatic carbocycles. The summed E-state index contributed by atoms with van der Waals surface area (Å²) in [6, 6.07) is 37.7. The van der Waals surface area contributed by atoms with E-state index >= 15 is 0 Å². The first-order valence-corrected chi connectivity index (χ1v) is 17.3. The molecule has 5 aliphatic rings. The van der Waals surface area contributed by atoms with Crippen molar-refractivity contribution in [2.45, 2.75) is 36.9 Å². The molecule has 4 aromatic rings. The van der Waals surface area contributed by atoms with Gasteiger partial charge in [0.1, 0.15) is 36.9 Å². The van der Waals surface area contributed by atoms with Crippen molar-refractivity contribution in [2.24, 2.45) is 11.8 Å². The largest absolute Gasteiger partial charge is 0.490 e. The molecule has 0 spiro atoms. The van der Waals surface area contributed by atoms with Crippen molar-refractivity contribution < 1.29 is 18.9 Å². The number of hydrogen-bond acceptors (Lipinski definition) is 4. The Labute approximate surface area is 283 Å². The molecule has 48 heavy (non-hydrogen) atoms. The van der Waals surface area contributed by atoms with Crippen LogP contribution >= 0.6 is 0 Å². The average molecular weight is 633 g/mol. The molecule has 4 heteroatoms. The van der Waals surface area contributed by atoms with Gasteiger partial charge < -0.3 is 18.9 Å². The van der Waals surface area contributed by atoms with Crippen molar-refractivity contribution >= 4 is 5.57 Å². The molecule has 0 N–H and O–H groups in total. The normalized spacial score (nSPS) is 28.0. The van der Waals surface area contributed by atoms with Gasteiger partial charge >= 0.3 is 0 Å². The summed E-state index contributed by atoms with van der Waals surface area (Å²) < 4.78 is 24.2. The SMILES string of the molecule is CC1C=CC=C2C1c1ccccc1C2(c1ccc(OCC2CO2)c(-c2ccccc2)c1)C1CC=CC(OCC2CO2)=C1c1ccccc1. The maximum Gasteiger partial charge on any atom is 0.127 e. The summed E-state index contributed by atoms with van der Waals surface area (Å²) in [5, 5.41) is 0. The second-order valence-electron chi connectivity index (χ2n) is 13.7. The van der Waals surface area contributed by atoms with Gasteiger partial charge in [-0.3, -0.25) is 0 Å². The van der Waals surface area contributed by atoms with E-state index in [9.17, 15) is 0 Å². The highest BCUT2D eigenvalue weighted by atomic mass is 16.6. The topological polar surface area (TPSA) is 43.5 Å². The van der Waals surface area contributed by atoms with Gasteiger partial charge in [-0.2, -0.15) is 0 Å². The molecular weight excluding hydrogens is 592 g/mol. The van der Waals surface area contributed by atoms with Gasteiger partial charge in [0, 0.05) is 28.4 Å². The lowest BCUT2D eigenvalue weighted by molar-refractivity contribution is 0.190. The van der Waals surface area contributed by atoms with E-state index in [1.165, 1.54) is 33.4 Å². The maximum atomic E-state index is 6.66. The monoisotopic (exact) mass is 632 g/mol. The van der Waals surface area contributed by atoms with Crippen LogP contribution in [-0.4, -0.2) is 38.6 Å². The fraction of sp³-hybridized carbons (Fsp3) is 0.273. The fourth-order valence-corrected chi connectivity index (χ4v) is 8.46. The summed E-state index contributed by atoms with van der Waals surface area (Å²) in [4.78, 5) is 0. The summed E-state index contributed by atoms with van der Waals surface area (Å²) in [6.07, 6.45) is 12.8. The number of fused-ring (bicyclic) bond motifs is 3. The molecule has 4 nitrogen and oxygen atoms in total. The van der Waals surface area contributed by atoms with E-state index in [0.29, 0.717) is 19.1 Å². The molecule has 6 atom stereocenters. The van der Waals surface area contributed by atoms with Gasteiger partial charge in [0.15, 0.2) is 0 Å². The van der Waals surface area contributed by atoms with Crippen molar-refractivity contribution in [3.05, 3.63) is 167 Å². The first kappa shape index (κ1) is 29.5. The summed E-state index contributed by atoms with van der Waals surface area (Å²) in [5.41, 5.74) is 9.78. The third-order valence-electron chi connectivity index (χ3n) is 10.8. The van der Waals surface area contributed by atoms with Crippen LogP contribution in [0.3, 0.4) is 0 Å². The van der Waals surface area contributed by atoms with Gasteiger partial charge in [-0.15, -0.1) is 0 Å². The predicted molar refractivity (Wildman–Crippen MR) is 190 cm³/mol. The van der Waals surface area contributed by atoms with Crippen LogP contribution in [0.25, 0.3) is 16.7 Å². The Kier molecular flexibility index (Phi) is 7.44. The Hall–Kier alpha value is -4.64. The number of epoxide rings is 2. The van der Waals surface area contributed by atoms with Gasteiger partial charge in [-0.1, -0.05) is 122 Å². The fourth-order valence-electron chi connectivity index (χ4n) is 8.46. The Morgan fingerprint density at radius 1 is 0.771 bits per heavy atom. The van der Waals surface area contributed by atoms with Crippen LogP contribution in [0.1, 0.15) is 41.5 Å². The third kappa shape index (κ3) is 5.06. The zero-order valence-electron chi connectivity index (χ0n) is 27.3. The van der Waals surface area contributed by atoms with Crippen LogP contribution in [0.15, 0.2) is 145 Å². The second kappa shape index (κ2) is 12.1. The van der Waals surface area contributed by atoms with Crippen molar-refractivity contribution in [2.75, 3.05) is 26.4 Å². The van der Waals surface area contributed by atoms with Crippen LogP contribution in [0.4, 0.5) is 0 Å². The van der Waals surface area contributed by atoms with Crippen molar-refractivity contribution in [3.63, 3.8) is 0 Å². The van der Waals surface area contributed by atoms with Crippen molar-refractivity contribution in [3.8, 4) is 16.9 Å².